The Kier molecular flexibility index (Phi) is 6.25. The third-order valence-electron chi connectivity index (χ3n) is 5.84. The van der Waals surface area contributed by atoms with Crippen LogP contribution in [0.2, 0.25) is 0 Å². The van der Waals surface area contributed by atoms with E-state index in [-0.39, 0.29) is 11.3 Å². The fourth-order valence-electron chi connectivity index (χ4n) is 4.24. The molecule has 0 saturated heterocycles. The molecule has 0 aliphatic rings. The molecule has 2 aromatic carbocycles. The summed E-state index contributed by atoms with van der Waals surface area (Å²) in [6.45, 7) is 6.71. The van der Waals surface area contributed by atoms with Crippen LogP contribution in [0.3, 0.4) is 0 Å². The van der Waals surface area contributed by atoms with Gasteiger partial charge in [-0.15, -0.1) is 6.42 Å². The van der Waals surface area contributed by atoms with Crippen molar-refractivity contribution in [1.29, 1.82) is 0 Å². The number of aliphatic hydroxyl groups is 1. The minimum atomic E-state index is -4.03. The number of carboxylic acid groups (broad SMARTS) is 1. The quantitative estimate of drug-likeness (QED) is 0.376. The second-order valence-corrected chi connectivity index (χ2v) is 10.4. The van der Waals surface area contributed by atoms with Gasteiger partial charge in [-0.25, -0.2) is 14.2 Å². The molecule has 3 atom stereocenters. The molecule has 172 valence electrons. The highest BCUT2D eigenvalue weighted by atomic mass is 31.1. The molecule has 3 unspecified atom stereocenters. The van der Waals surface area contributed by atoms with Crippen molar-refractivity contribution >= 4 is 24.9 Å². The fourth-order valence-corrected chi connectivity index (χ4v) is 5.09. The van der Waals surface area contributed by atoms with Gasteiger partial charge in [0.2, 0.25) is 13.2 Å². The van der Waals surface area contributed by atoms with Crippen molar-refractivity contribution in [3.05, 3.63) is 65.5 Å². The van der Waals surface area contributed by atoms with Gasteiger partial charge in [0.05, 0.1) is 11.2 Å². The summed E-state index contributed by atoms with van der Waals surface area (Å²) in [5, 5.41) is 19.6. The van der Waals surface area contributed by atoms with Crippen LogP contribution in [0.15, 0.2) is 48.5 Å². The van der Waals surface area contributed by atoms with Gasteiger partial charge in [-0.1, -0.05) is 44.9 Å². The first-order chi connectivity index (χ1) is 15.3. The minimum absolute atomic E-state index is 0.00746. The lowest BCUT2D eigenvalue weighted by Gasteiger charge is -2.41. The average Bonchev–Trinajstić information content (AvgIpc) is 2.72. The highest BCUT2D eigenvalue weighted by Gasteiger charge is 2.60. The number of hydrogen-bond donors (Lipinski definition) is 3. The second-order valence-electron chi connectivity index (χ2n) is 9.06. The Morgan fingerprint density at radius 3 is 2.12 bits per heavy atom. The van der Waals surface area contributed by atoms with E-state index in [9.17, 15) is 28.9 Å². The topological polar surface area (TPSA) is 108 Å². The van der Waals surface area contributed by atoms with Crippen LogP contribution >= 0.6 is 8.03 Å². The standard InChI is InChI=1S/C25H25FNO5P/c1-6-25(22(28)29,33(31)32)24(5,30)20-19(23(2,3)4)17-9-7-8-10-18(17)27-21(20)15-11-13-16(26)14-12-15/h1,7-14,30,33H,2-5H3,(H,28,29)(H,31,32). The third-order valence-corrected chi connectivity index (χ3v) is 7.32. The Labute approximate surface area is 192 Å². The lowest BCUT2D eigenvalue weighted by atomic mass is 9.71. The maximum Gasteiger partial charge on any atom is 0.335 e. The van der Waals surface area contributed by atoms with E-state index in [1.54, 1.807) is 24.3 Å². The van der Waals surface area contributed by atoms with Crippen LogP contribution < -0.4 is 0 Å². The van der Waals surface area contributed by atoms with Crippen molar-refractivity contribution in [3.63, 3.8) is 0 Å². The molecule has 0 amide bonds. The van der Waals surface area contributed by atoms with E-state index in [0.29, 0.717) is 22.0 Å². The largest absolute Gasteiger partial charge is 0.480 e. The van der Waals surface area contributed by atoms with Crippen molar-refractivity contribution < 1.29 is 28.9 Å². The Morgan fingerprint density at radius 1 is 1.06 bits per heavy atom. The minimum Gasteiger partial charge on any atom is -0.480 e. The molecule has 1 aromatic heterocycles. The van der Waals surface area contributed by atoms with Crippen LogP contribution in [-0.2, 0) is 20.4 Å². The normalized spacial score (nSPS) is 16.4. The number of para-hydroxylation sites is 1. The van der Waals surface area contributed by atoms with Crippen LogP contribution in [0.4, 0.5) is 4.39 Å². The van der Waals surface area contributed by atoms with E-state index < -0.39 is 36.0 Å². The first kappa shape index (κ1) is 24.6. The first-order valence-corrected chi connectivity index (χ1v) is 11.5. The van der Waals surface area contributed by atoms with Crippen molar-refractivity contribution in [1.82, 2.24) is 4.98 Å². The van der Waals surface area contributed by atoms with Gasteiger partial charge >= 0.3 is 5.97 Å². The molecule has 1 heterocycles. The molecule has 0 fully saturated rings. The van der Waals surface area contributed by atoms with Gasteiger partial charge in [-0.3, -0.25) is 4.57 Å². The van der Waals surface area contributed by atoms with E-state index in [1.165, 1.54) is 24.3 Å². The summed E-state index contributed by atoms with van der Waals surface area (Å²) in [4.78, 5) is 27.1. The molecular formula is C25H25FNO5P. The predicted molar refractivity (Wildman–Crippen MR) is 126 cm³/mol. The molecule has 0 radical (unpaired) electrons. The second kappa shape index (κ2) is 8.39. The molecule has 33 heavy (non-hydrogen) atoms. The van der Waals surface area contributed by atoms with Gasteiger partial charge in [0.1, 0.15) is 11.4 Å². The smallest absolute Gasteiger partial charge is 0.335 e. The summed E-state index contributed by atoms with van der Waals surface area (Å²) in [6, 6.07) is 12.4. The molecule has 0 spiro atoms. The van der Waals surface area contributed by atoms with E-state index in [4.69, 9.17) is 6.42 Å². The Balaban J connectivity index is 2.64. The number of benzene rings is 2. The average molecular weight is 469 g/mol. The van der Waals surface area contributed by atoms with Gasteiger partial charge in [0.25, 0.3) is 0 Å². The third kappa shape index (κ3) is 3.85. The van der Waals surface area contributed by atoms with Gasteiger partial charge in [-0.2, -0.15) is 0 Å². The Morgan fingerprint density at radius 2 is 1.64 bits per heavy atom. The summed E-state index contributed by atoms with van der Waals surface area (Å²) < 4.78 is 26.1. The number of aromatic nitrogens is 1. The summed E-state index contributed by atoms with van der Waals surface area (Å²) in [5.74, 6) is -0.386. The molecule has 0 aliphatic heterocycles. The van der Waals surface area contributed by atoms with E-state index >= 15 is 0 Å². The Hall–Kier alpha value is -3.04. The number of pyridine rings is 1. The molecule has 6 nitrogen and oxygen atoms in total. The fraction of sp³-hybridized carbons (Fsp3) is 0.280. The van der Waals surface area contributed by atoms with E-state index in [2.05, 4.69) is 4.98 Å². The van der Waals surface area contributed by atoms with Crippen molar-refractivity contribution in [2.75, 3.05) is 0 Å². The number of carboxylic acids is 1. The molecule has 3 N–H and O–H groups in total. The number of aliphatic carboxylic acids is 1. The summed E-state index contributed by atoms with van der Waals surface area (Å²) >= 11 is 0. The lowest BCUT2D eigenvalue weighted by Crippen LogP contribution is -2.53. The zero-order valence-corrected chi connectivity index (χ0v) is 19.7. The predicted octanol–water partition coefficient (Wildman–Crippen LogP) is 4.47. The highest BCUT2D eigenvalue weighted by molar-refractivity contribution is 7.42. The van der Waals surface area contributed by atoms with E-state index in [0.717, 1.165) is 6.92 Å². The van der Waals surface area contributed by atoms with Crippen LogP contribution in [0, 0.1) is 18.2 Å². The number of terminal acetylenes is 1. The highest BCUT2D eigenvalue weighted by Crippen LogP contribution is 2.53. The molecule has 8 heteroatoms. The van der Waals surface area contributed by atoms with Gasteiger partial charge < -0.3 is 15.1 Å². The number of fused-ring (bicyclic) bond motifs is 1. The maximum absolute atomic E-state index is 13.7. The lowest BCUT2D eigenvalue weighted by molar-refractivity contribution is -0.145. The van der Waals surface area contributed by atoms with Crippen molar-refractivity contribution in [2.24, 2.45) is 0 Å². The Bertz CT molecular complexity index is 1290. The van der Waals surface area contributed by atoms with Crippen LogP contribution in [0.25, 0.3) is 22.2 Å². The monoisotopic (exact) mass is 469 g/mol. The van der Waals surface area contributed by atoms with E-state index in [1.807, 2.05) is 26.7 Å². The van der Waals surface area contributed by atoms with Gasteiger partial charge in [0, 0.05) is 16.5 Å². The zero-order valence-electron chi connectivity index (χ0n) is 18.7. The van der Waals surface area contributed by atoms with Gasteiger partial charge in [0.15, 0.2) is 0 Å². The number of nitrogens with zero attached hydrogens (tertiary/aromatic N) is 1. The summed E-state index contributed by atoms with van der Waals surface area (Å²) in [7, 11) is -4.03. The molecule has 3 rings (SSSR count). The first-order valence-electron chi connectivity index (χ1n) is 10.2. The molecular weight excluding hydrogens is 444 g/mol. The summed E-state index contributed by atoms with van der Waals surface area (Å²) in [5.41, 5.74) is -1.60. The maximum atomic E-state index is 13.7. The van der Waals surface area contributed by atoms with Gasteiger partial charge in [-0.05, 0) is 48.2 Å². The molecule has 3 aromatic rings. The van der Waals surface area contributed by atoms with Crippen molar-refractivity contribution in [3.8, 4) is 23.6 Å². The van der Waals surface area contributed by atoms with Crippen molar-refractivity contribution in [2.45, 2.75) is 43.9 Å². The van der Waals surface area contributed by atoms with Crippen LogP contribution in [0.1, 0.15) is 38.8 Å². The molecule has 0 bridgehead atoms. The number of carbonyl (C=O) groups is 1. The van der Waals surface area contributed by atoms with Crippen LogP contribution in [0.5, 0.6) is 0 Å². The summed E-state index contributed by atoms with van der Waals surface area (Å²) in [6.07, 6.45) is 5.52. The number of halogens is 1. The SMILES string of the molecule is C#CC(C(=O)O)([PH](=O)O)C(C)(O)c1c(-c2ccc(F)cc2)nc2ccccc2c1C(C)(C)C. The molecule has 0 saturated carbocycles. The zero-order chi connectivity index (χ0) is 24.8. The molecule has 0 aliphatic carbocycles. The number of hydrogen-bond acceptors (Lipinski definition) is 4. The van der Waals surface area contributed by atoms with Crippen LogP contribution in [-0.4, -0.2) is 31.2 Å². The number of rotatable bonds is 5.